The Labute approximate surface area is 120 Å². The van der Waals surface area contributed by atoms with E-state index in [-0.39, 0.29) is 24.4 Å². The van der Waals surface area contributed by atoms with Crippen LogP contribution < -0.4 is 5.32 Å². The molecule has 0 fully saturated rings. The van der Waals surface area contributed by atoms with Gasteiger partial charge in [-0.05, 0) is 36.1 Å². The fraction of sp³-hybridized carbons (Fsp3) is 0.429. The zero-order valence-electron chi connectivity index (χ0n) is 10.7. The second kappa shape index (κ2) is 6.19. The highest BCUT2D eigenvalue weighted by Gasteiger charge is 2.25. The number of carbonyl (C=O) groups is 2. The van der Waals surface area contributed by atoms with Crippen molar-refractivity contribution in [3.63, 3.8) is 0 Å². The molecule has 1 aliphatic rings. The Hall–Kier alpha value is -1.36. The second-order valence-electron chi connectivity index (χ2n) is 4.59. The third-order valence-electron chi connectivity index (χ3n) is 3.10. The number of halogens is 1. The normalized spacial score (nSPS) is 16.8. The Kier molecular flexibility index (Phi) is 4.58. The van der Waals surface area contributed by atoms with Crippen LogP contribution in [0.2, 0.25) is 0 Å². The zero-order valence-corrected chi connectivity index (χ0v) is 12.3. The second-order valence-corrected chi connectivity index (χ2v) is 5.51. The van der Waals surface area contributed by atoms with Crippen LogP contribution in [-0.4, -0.2) is 18.4 Å². The Bertz CT molecular complexity index is 501. The number of hydrogen-bond donors (Lipinski definition) is 1. The molecule has 1 atom stereocenters. The standard InChI is InChI=1S/C14H16BrNO3/c1-9(17)16-7-6-14(18)19-13-5-2-10-8-11(15)3-4-12(10)13/h3-4,8,13H,2,5-7H2,1H3,(H,16,17)/t13-/m1/s1. The highest BCUT2D eigenvalue weighted by atomic mass is 79.9. The Morgan fingerprint density at radius 3 is 3.00 bits per heavy atom. The molecule has 4 nitrogen and oxygen atoms in total. The van der Waals surface area contributed by atoms with Gasteiger partial charge in [-0.1, -0.05) is 22.0 Å². The molecule has 0 radical (unpaired) electrons. The minimum absolute atomic E-state index is 0.135. The van der Waals surface area contributed by atoms with E-state index >= 15 is 0 Å². The van der Waals surface area contributed by atoms with E-state index in [1.54, 1.807) is 0 Å². The summed E-state index contributed by atoms with van der Waals surface area (Å²) in [6.45, 7) is 1.75. The lowest BCUT2D eigenvalue weighted by molar-refractivity contribution is -0.149. The summed E-state index contributed by atoms with van der Waals surface area (Å²) >= 11 is 3.44. The van der Waals surface area contributed by atoms with Crippen LogP contribution in [0.25, 0.3) is 0 Å². The van der Waals surface area contributed by atoms with E-state index < -0.39 is 0 Å². The van der Waals surface area contributed by atoms with Gasteiger partial charge in [0.25, 0.3) is 0 Å². The van der Waals surface area contributed by atoms with Crippen LogP contribution in [0, 0.1) is 0 Å². The maximum Gasteiger partial charge on any atom is 0.308 e. The number of hydrogen-bond acceptors (Lipinski definition) is 3. The van der Waals surface area contributed by atoms with Crippen LogP contribution in [0.3, 0.4) is 0 Å². The van der Waals surface area contributed by atoms with E-state index in [1.165, 1.54) is 12.5 Å². The fourth-order valence-electron chi connectivity index (χ4n) is 2.23. The third-order valence-corrected chi connectivity index (χ3v) is 3.60. The molecule has 1 N–H and O–H groups in total. The van der Waals surface area contributed by atoms with Gasteiger partial charge in [-0.2, -0.15) is 0 Å². The lowest BCUT2D eigenvalue weighted by atomic mass is 10.1. The number of aryl methyl sites for hydroxylation is 1. The van der Waals surface area contributed by atoms with Crippen molar-refractivity contribution < 1.29 is 14.3 Å². The van der Waals surface area contributed by atoms with Gasteiger partial charge < -0.3 is 10.1 Å². The van der Waals surface area contributed by atoms with Crippen molar-refractivity contribution in [3.05, 3.63) is 33.8 Å². The van der Waals surface area contributed by atoms with E-state index in [4.69, 9.17) is 4.74 Å². The molecule has 5 heteroatoms. The Morgan fingerprint density at radius 1 is 1.47 bits per heavy atom. The molecule has 0 saturated carbocycles. The summed E-state index contributed by atoms with van der Waals surface area (Å²) in [7, 11) is 0. The first-order valence-electron chi connectivity index (χ1n) is 6.28. The molecule has 0 aromatic heterocycles. The van der Waals surface area contributed by atoms with Crippen LogP contribution in [0.1, 0.15) is 37.0 Å². The average molecular weight is 326 g/mol. The minimum Gasteiger partial charge on any atom is -0.457 e. The molecule has 19 heavy (non-hydrogen) atoms. The molecule has 0 spiro atoms. The number of amides is 1. The maximum absolute atomic E-state index is 11.7. The van der Waals surface area contributed by atoms with Gasteiger partial charge in [0.05, 0.1) is 6.42 Å². The van der Waals surface area contributed by atoms with E-state index in [1.807, 2.05) is 12.1 Å². The zero-order chi connectivity index (χ0) is 13.8. The highest BCUT2D eigenvalue weighted by Crippen LogP contribution is 2.35. The van der Waals surface area contributed by atoms with Crippen LogP contribution >= 0.6 is 15.9 Å². The summed E-state index contributed by atoms with van der Waals surface area (Å²) in [5, 5.41) is 2.58. The highest BCUT2D eigenvalue weighted by molar-refractivity contribution is 9.10. The molecule has 1 aromatic carbocycles. The van der Waals surface area contributed by atoms with Gasteiger partial charge in [0, 0.05) is 17.9 Å². The number of carbonyl (C=O) groups excluding carboxylic acids is 2. The van der Waals surface area contributed by atoms with Crippen LogP contribution in [0.4, 0.5) is 0 Å². The molecule has 2 rings (SSSR count). The lowest BCUT2D eigenvalue weighted by Crippen LogP contribution is -2.24. The predicted molar refractivity (Wildman–Crippen MR) is 74.6 cm³/mol. The molecular weight excluding hydrogens is 310 g/mol. The monoisotopic (exact) mass is 325 g/mol. The molecule has 0 bridgehead atoms. The van der Waals surface area contributed by atoms with Crippen molar-refractivity contribution in [2.45, 2.75) is 32.3 Å². The van der Waals surface area contributed by atoms with E-state index in [2.05, 4.69) is 27.3 Å². The average Bonchev–Trinajstić information content (AvgIpc) is 2.71. The maximum atomic E-state index is 11.7. The molecule has 0 saturated heterocycles. The number of nitrogens with one attached hydrogen (secondary N) is 1. The summed E-state index contributed by atoms with van der Waals surface area (Å²) in [5.74, 6) is -0.404. The van der Waals surface area contributed by atoms with Gasteiger partial charge in [-0.3, -0.25) is 9.59 Å². The van der Waals surface area contributed by atoms with Gasteiger partial charge in [0.2, 0.25) is 5.91 Å². The first-order chi connectivity index (χ1) is 9.06. The first kappa shape index (κ1) is 14.1. The van der Waals surface area contributed by atoms with Gasteiger partial charge in [0.15, 0.2) is 0 Å². The number of fused-ring (bicyclic) bond motifs is 1. The SMILES string of the molecule is CC(=O)NCCC(=O)O[C@@H]1CCc2cc(Br)ccc21. The van der Waals surface area contributed by atoms with E-state index in [9.17, 15) is 9.59 Å². The van der Waals surface area contributed by atoms with E-state index in [0.717, 1.165) is 22.9 Å². The van der Waals surface area contributed by atoms with Gasteiger partial charge in [-0.15, -0.1) is 0 Å². The molecule has 1 aliphatic carbocycles. The summed E-state index contributed by atoms with van der Waals surface area (Å²) in [6, 6.07) is 6.03. The molecule has 0 heterocycles. The summed E-state index contributed by atoms with van der Waals surface area (Å²) in [4.78, 5) is 22.4. The number of ether oxygens (including phenoxy) is 1. The van der Waals surface area contributed by atoms with Crippen molar-refractivity contribution in [2.75, 3.05) is 6.54 Å². The van der Waals surface area contributed by atoms with Crippen molar-refractivity contribution in [3.8, 4) is 0 Å². The smallest absolute Gasteiger partial charge is 0.308 e. The molecule has 0 aliphatic heterocycles. The van der Waals surface area contributed by atoms with Crippen LogP contribution in [0.5, 0.6) is 0 Å². The van der Waals surface area contributed by atoms with Crippen LogP contribution in [0.15, 0.2) is 22.7 Å². The van der Waals surface area contributed by atoms with Gasteiger partial charge in [-0.25, -0.2) is 0 Å². The largest absolute Gasteiger partial charge is 0.457 e. The first-order valence-corrected chi connectivity index (χ1v) is 7.08. The molecule has 0 unspecified atom stereocenters. The van der Waals surface area contributed by atoms with E-state index in [0.29, 0.717) is 6.54 Å². The third kappa shape index (κ3) is 3.80. The summed E-state index contributed by atoms with van der Waals surface area (Å²) in [5.41, 5.74) is 2.32. The Morgan fingerprint density at radius 2 is 2.26 bits per heavy atom. The fourth-order valence-corrected chi connectivity index (χ4v) is 2.64. The molecule has 102 valence electrons. The van der Waals surface area contributed by atoms with Crippen molar-refractivity contribution in [1.29, 1.82) is 0 Å². The summed E-state index contributed by atoms with van der Waals surface area (Å²) < 4.78 is 6.50. The van der Waals surface area contributed by atoms with Gasteiger partial charge >= 0.3 is 5.97 Å². The van der Waals surface area contributed by atoms with Gasteiger partial charge in [0.1, 0.15) is 6.10 Å². The van der Waals surface area contributed by atoms with Crippen molar-refractivity contribution in [1.82, 2.24) is 5.32 Å². The number of esters is 1. The molecular formula is C14H16BrNO3. The van der Waals surface area contributed by atoms with Crippen LogP contribution in [-0.2, 0) is 20.7 Å². The molecule has 1 amide bonds. The quantitative estimate of drug-likeness (QED) is 0.865. The minimum atomic E-state index is -0.269. The number of benzene rings is 1. The predicted octanol–water partition coefficient (Wildman–Crippen LogP) is 2.51. The topological polar surface area (TPSA) is 55.4 Å². The van der Waals surface area contributed by atoms with Crippen molar-refractivity contribution >= 4 is 27.8 Å². The Balaban J connectivity index is 1.88. The lowest BCUT2D eigenvalue weighted by Gasteiger charge is -2.13. The van der Waals surface area contributed by atoms with Crippen molar-refractivity contribution in [2.24, 2.45) is 0 Å². The summed E-state index contributed by atoms with van der Waals surface area (Å²) in [6.07, 6.45) is 1.82. The molecule has 1 aromatic rings. The number of rotatable bonds is 4.